The lowest BCUT2D eigenvalue weighted by molar-refractivity contribution is -0.139. The number of rotatable bonds is 12. The first-order valence-electron chi connectivity index (χ1n) is 12.3. The summed E-state index contributed by atoms with van der Waals surface area (Å²) in [7, 11) is 0. The van der Waals surface area contributed by atoms with Crippen LogP contribution < -0.4 is 0 Å². The van der Waals surface area contributed by atoms with Crippen LogP contribution in [0.25, 0.3) is 22.3 Å². The van der Waals surface area contributed by atoms with E-state index in [0.717, 1.165) is 35.1 Å². The molecule has 0 aliphatic rings. The monoisotopic (exact) mass is 456 g/mol. The van der Waals surface area contributed by atoms with E-state index in [4.69, 9.17) is 4.74 Å². The van der Waals surface area contributed by atoms with Gasteiger partial charge in [-0.25, -0.2) is 4.79 Å². The highest BCUT2D eigenvalue weighted by Crippen LogP contribution is 2.27. The number of carbonyl (C=O) groups is 1. The molecular weight excluding hydrogens is 420 g/mol. The third kappa shape index (κ3) is 7.16. The largest absolute Gasteiger partial charge is 0.462 e. The van der Waals surface area contributed by atoms with Gasteiger partial charge in [-0.05, 0) is 71.6 Å². The van der Waals surface area contributed by atoms with E-state index in [-0.39, 0.29) is 12.6 Å². The maximum absolute atomic E-state index is 11.6. The molecule has 178 valence electrons. The van der Waals surface area contributed by atoms with E-state index >= 15 is 0 Å². The summed E-state index contributed by atoms with van der Waals surface area (Å²) in [6, 6.07) is 23.7. The van der Waals surface area contributed by atoms with Crippen LogP contribution in [0.5, 0.6) is 0 Å². The minimum atomic E-state index is -0.359. The summed E-state index contributed by atoms with van der Waals surface area (Å²) in [4.78, 5) is 11.6. The van der Waals surface area contributed by atoms with E-state index in [2.05, 4.69) is 74.2 Å². The molecule has 0 aliphatic carbocycles. The number of hydrogen-bond acceptors (Lipinski definition) is 3. The van der Waals surface area contributed by atoms with Crippen LogP contribution in [0.4, 0.5) is 0 Å². The average molecular weight is 457 g/mol. The zero-order valence-corrected chi connectivity index (χ0v) is 20.5. The van der Waals surface area contributed by atoms with Gasteiger partial charge in [0.1, 0.15) is 0 Å². The van der Waals surface area contributed by atoms with Gasteiger partial charge in [0.15, 0.2) is 0 Å². The van der Waals surface area contributed by atoms with Gasteiger partial charge < -0.3 is 9.84 Å². The number of aryl methyl sites for hydroxylation is 2. The smallest absolute Gasteiger partial charge is 0.333 e. The predicted octanol–water partition coefficient (Wildman–Crippen LogP) is 7.30. The van der Waals surface area contributed by atoms with Crippen LogP contribution in [-0.2, 0) is 29.0 Å². The molecule has 0 spiro atoms. The van der Waals surface area contributed by atoms with Gasteiger partial charge in [0, 0.05) is 5.57 Å². The van der Waals surface area contributed by atoms with E-state index < -0.39 is 0 Å². The van der Waals surface area contributed by atoms with Crippen molar-refractivity contribution in [1.29, 1.82) is 0 Å². The predicted molar refractivity (Wildman–Crippen MR) is 141 cm³/mol. The molecule has 0 unspecified atom stereocenters. The summed E-state index contributed by atoms with van der Waals surface area (Å²) in [6.45, 7) is 7.81. The molecule has 3 rings (SSSR count). The molecule has 3 aromatic rings. The Labute approximate surface area is 204 Å². The van der Waals surface area contributed by atoms with Gasteiger partial charge in [-0.15, -0.1) is 0 Å². The van der Waals surface area contributed by atoms with E-state index in [1.165, 1.54) is 36.0 Å². The van der Waals surface area contributed by atoms with E-state index in [0.29, 0.717) is 18.6 Å². The van der Waals surface area contributed by atoms with Crippen LogP contribution in [0.15, 0.2) is 78.9 Å². The van der Waals surface area contributed by atoms with Crippen molar-refractivity contribution in [2.75, 3.05) is 6.61 Å². The molecule has 0 amide bonds. The average Bonchev–Trinajstić information content (AvgIpc) is 2.87. The molecule has 34 heavy (non-hydrogen) atoms. The van der Waals surface area contributed by atoms with Crippen molar-refractivity contribution in [2.45, 2.75) is 59.0 Å². The summed E-state index contributed by atoms with van der Waals surface area (Å²) in [5, 5.41) is 9.74. The first-order chi connectivity index (χ1) is 16.5. The summed E-state index contributed by atoms with van der Waals surface area (Å²) in [5.41, 5.74) is 8.48. The number of unbranched alkanes of at least 4 members (excludes halogenated alkanes) is 2. The third-order valence-corrected chi connectivity index (χ3v) is 6.12. The normalized spacial score (nSPS) is 10.8. The number of aliphatic hydroxyl groups is 1. The van der Waals surface area contributed by atoms with Gasteiger partial charge in [-0.1, -0.05) is 93.1 Å². The second-order valence-electron chi connectivity index (χ2n) is 8.89. The van der Waals surface area contributed by atoms with Crippen molar-refractivity contribution in [2.24, 2.45) is 0 Å². The third-order valence-electron chi connectivity index (χ3n) is 6.12. The van der Waals surface area contributed by atoms with Crippen molar-refractivity contribution >= 4 is 5.97 Å². The molecule has 1 N–H and O–H groups in total. The number of ether oxygens (including phenoxy) is 1. The van der Waals surface area contributed by atoms with Crippen molar-refractivity contribution in [3.05, 3.63) is 95.6 Å². The Bertz CT molecular complexity index is 1080. The van der Waals surface area contributed by atoms with Gasteiger partial charge in [-0.3, -0.25) is 0 Å². The van der Waals surface area contributed by atoms with Gasteiger partial charge >= 0.3 is 5.97 Å². The Hall–Kier alpha value is -3.17. The Morgan fingerprint density at radius 3 is 1.97 bits per heavy atom. The molecule has 0 saturated carbocycles. The molecular formula is C31H36O3. The molecule has 0 atom stereocenters. The lowest BCUT2D eigenvalue weighted by Crippen LogP contribution is -2.07. The van der Waals surface area contributed by atoms with Crippen molar-refractivity contribution in [3.63, 3.8) is 0 Å². The first-order valence-corrected chi connectivity index (χ1v) is 12.3. The zero-order valence-electron chi connectivity index (χ0n) is 20.5. The number of benzene rings is 3. The first kappa shape index (κ1) is 25.5. The summed E-state index contributed by atoms with van der Waals surface area (Å²) < 4.78 is 5.20. The molecule has 0 saturated heterocycles. The molecule has 0 radical (unpaired) electrons. The number of aliphatic hydroxyl groups excluding tert-OH is 1. The second kappa shape index (κ2) is 12.9. The molecule has 0 aromatic heterocycles. The number of carbonyl (C=O) groups excluding carboxylic acids is 1. The van der Waals surface area contributed by atoms with Crippen molar-refractivity contribution in [1.82, 2.24) is 0 Å². The molecule has 3 aromatic carbocycles. The Morgan fingerprint density at radius 2 is 1.38 bits per heavy atom. The fourth-order valence-electron chi connectivity index (χ4n) is 4.04. The van der Waals surface area contributed by atoms with Gasteiger partial charge in [0.05, 0.1) is 13.2 Å². The summed E-state index contributed by atoms with van der Waals surface area (Å²) in [5.74, 6) is -0.359. The topological polar surface area (TPSA) is 46.5 Å². The Balaban J connectivity index is 1.67. The fourth-order valence-corrected chi connectivity index (χ4v) is 4.04. The lowest BCUT2D eigenvalue weighted by Gasteiger charge is -2.12. The second-order valence-corrected chi connectivity index (χ2v) is 8.89. The Morgan fingerprint density at radius 1 is 0.794 bits per heavy atom. The van der Waals surface area contributed by atoms with Crippen LogP contribution in [0.3, 0.4) is 0 Å². The Kier molecular flexibility index (Phi) is 9.66. The van der Waals surface area contributed by atoms with Gasteiger partial charge in [0.2, 0.25) is 0 Å². The van der Waals surface area contributed by atoms with Gasteiger partial charge in [0.25, 0.3) is 0 Å². The summed E-state index contributed by atoms with van der Waals surface area (Å²) in [6.07, 6.45) is 6.36. The van der Waals surface area contributed by atoms with E-state index in [1.54, 1.807) is 6.92 Å². The SMILES string of the molecule is C=C(C)C(=O)OCCCc1cc(-c2ccc(-c3ccc(CCCCC)cc3)cc2)ccc1CO. The quantitative estimate of drug-likeness (QED) is 0.177. The highest BCUT2D eigenvalue weighted by Gasteiger charge is 2.08. The molecule has 3 nitrogen and oxygen atoms in total. The van der Waals surface area contributed by atoms with Crippen molar-refractivity contribution in [3.8, 4) is 22.3 Å². The van der Waals surface area contributed by atoms with E-state index in [1.807, 2.05) is 6.07 Å². The van der Waals surface area contributed by atoms with Crippen LogP contribution in [0.2, 0.25) is 0 Å². The summed E-state index contributed by atoms with van der Waals surface area (Å²) >= 11 is 0. The number of hydrogen-bond donors (Lipinski definition) is 1. The number of esters is 1. The molecule has 0 bridgehead atoms. The minimum absolute atomic E-state index is 0.00541. The molecule has 3 heteroatoms. The highest BCUT2D eigenvalue weighted by molar-refractivity contribution is 5.86. The van der Waals surface area contributed by atoms with E-state index in [9.17, 15) is 9.90 Å². The zero-order chi connectivity index (χ0) is 24.3. The van der Waals surface area contributed by atoms with Crippen LogP contribution >= 0.6 is 0 Å². The minimum Gasteiger partial charge on any atom is -0.462 e. The standard InChI is InChI=1S/C31H36O3/c1-4-5-6-8-24-10-12-25(13-11-24)26-14-16-27(17-15-26)29-18-19-30(22-32)28(21-29)9-7-20-34-31(33)23(2)3/h10-19,21,32H,2,4-9,20,22H2,1,3H3. The van der Waals surface area contributed by atoms with Crippen molar-refractivity contribution < 1.29 is 14.6 Å². The molecule has 0 fully saturated rings. The molecule has 0 heterocycles. The van der Waals surface area contributed by atoms with Gasteiger partial charge in [-0.2, -0.15) is 0 Å². The fraction of sp³-hybridized carbons (Fsp3) is 0.323. The molecule has 0 aliphatic heterocycles. The van der Waals surface area contributed by atoms with Crippen LogP contribution in [-0.4, -0.2) is 17.7 Å². The maximum atomic E-state index is 11.6. The lowest BCUT2D eigenvalue weighted by atomic mass is 9.95. The maximum Gasteiger partial charge on any atom is 0.333 e. The van der Waals surface area contributed by atoms with Crippen LogP contribution in [0, 0.1) is 0 Å². The highest BCUT2D eigenvalue weighted by atomic mass is 16.5. The van der Waals surface area contributed by atoms with Crippen LogP contribution in [0.1, 0.15) is 56.2 Å².